The summed E-state index contributed by atoms with van der Waals surface area (Å²) in [6.07, 6.45) is 0. The molecule has 1 aliphatic heterocycles. The first kappa shape index (κ1) is 11.8. The molecule has 96 valence electrons. The molecule has 0 unspecified atom stereocenters. The Morgan fingerprint density at radius 1 is 0.895 bits per heavy atom. The van der Waals surface area contributed by atoms with Crippen LogP contribution in [0.15, 0.2) is 36.4 Å². The highest BCUT2D eigenvalue weighted by Crippen LogP contribution is 2.33. The molecule has 2 aromatic carbocycles. The van der Waals surface area contributed by atoms with E-state index < -0.39 is 0 Å². The third kappa shape index (κ3) is 2.08. The molecule has 0 aromatic heterocycles. The van der Waals surface area contributed by atoms with Crippen molar-refractivity contribution in [1.29, 1.82) is 0 Å². The molecular weight excluding hydrogens is 240 g/mol. The lowest BCUT2D eigenvalue weighted by Gasteiger charge is -2.05. The third-order valence-corrected chi connectivity index (χ3v) is 3.40. The first-order valence-electron chi connectivity index (χ1n) is 6.17. The fourth-order valence-electron chi connectivity index (χ4n) is 2.09. The molecule has 3 nitrogen and oxygen atoms in total. The summed E-state index contributed by atoms with van der Waals surface area (Å²) in [7, 11) is 0. The van der Waals surface area contributed by atoms with E-state index in [1.165, 1.54) is 5.56 Å². The van der Waals surface area contributed by atoms with Gasteiger partial charge in [0, 0.05) is 11.1 Å². The predicted octanol–water partition coefficient (Wildman–Crippen LogP) is 3.26. The van der Waals surface area contributed by atoms with Gasteiger partial charge in [0.2, 0.25) is 6.79 Å². The van der Waals surface area contributed by atoms with Crippen molar-refractivity contribution in [1.82, 2.24) is 0 Å². The van der Waals surface area contributed by atoms with E-state index in [0.29, 0.717) is 22.6 Å². The fraction of sp³-hybridized carbons (Fsp3) is 0.188. The van der Waals surface area contributed by atoms with E-state index in [-0.39, 0.29) is 12.6 Å². The minimum absolute atomic E-state index is 0.00130. The molecule has 19 heavy (non-hydrogen) atoms. The van der Waals surface area contributed by atoms with Gasteiger partial charge in [-0.3, -0.25) is 4.79 Å². The predicted molar refractivity (Wildman–Crippen MR) is 71.9 cm³/mol. The standard InChI is InChI=1S/C16H14O3/c1-10-3-4-12(7-11(10)2)16(17)13-5-6-14-15(8-13)19-9-18-14/h3-8H,9H2,1-2H3. The maximum absolute atomic E-state index is 12.4. The molecule has 0 saturated carbocycles. The van der Waals surface area contributed by atoms with Gasteiger partial charge in [-0.15, -0.1) is 0 Å². The summed E-state index contributed by atoms with van der Waals surface area (Å²) < 4.78 is 10.5. The highest BCUT2D eigenvalue weighted by atomic mass is 16.7. The van der Waals surface area contributed by atoms with Crippen LogP contribution in [0.5, 0.6) is 11.5 Å². The zero-order valence-electron chi connectivity index (χ0n) is 10.9. The third-order valence-electron chi connectivity index (χ3n) is 3.40. The Morgan fingerprint density at radius 2 is 1.58 bits per heavy atom. The summed E-state index contributed by atoms with van der Waals surface area (Å²) in [6.45, 7) is 4.26. The summed E-state index contributed by atoms with van der Waals surface area (Å²) in [5.41, 5.74) is 3.61. The number of benzene rings is 2. The van der Waals surface area contributed by atoms with Gasteiger partial charge in [0.1, 0.15) is 0 Å². The van der Waals surface area contributed by atoms with E-state index in [4.69, 9.17) is 9.47 Å². The van der Waals surface area contributed by atoms with Gasteiger partial charge >= 0.3 is 0 Å². The fourth-order valence-corrected chi connectivity index (χ4v) is 2.09. The molecule has 0 spiro atoms. The van der Waals surface area contributed by atoms with Gasteiger partial charge in [-0.05, 0) is 49.2 Å². The number of rotatable bonds is 2. The molecule has 3 rings (SSSR count). The average Bonchev–Trinajstić information content (AvgIpc) is 2.88. The van der Waals surface area contributed by atoms with E-state index in [9.17, 15) is 4.79 Å². The normalized spacial score (nSPS) is 12.5. The van der Waals surface area contributed by atoms with Crippen LogP contribution < -0.4 is 9.47 Å². The Morgan fingerprint density at radius 3 is 2.37 bits per heavy atom. The molecule has 0 saturated heterocycles. The minimum atomic E-state index is 0.00130. The zero-order chi connectivity index (χ0) is 13.4. The van der Waals surface area contributed by atoms with Gasteiger partial charge in [-0.1, -0.05) is 12.1 Å². The molecule has 0 amide bonds. The van der Waals surface area contributed by atoms with Crippen LogP contribution in [0, 0.1) is 13.8 Å². The zero-order valence-corrected chi connectivity index (χ0v) is 10.9. The van der Waals surface area contributed by atoms with E-state index in [1.54, 1.807) is 18.2 Å². The second kappa shape index (κ2) is 4.43. The van der Waals surface area contributed by atoms with Crippen molar-refractivity contribution in [2.24, 2.45) is 0 Å². The van der Waals surface area contributed by atoms with Crippen LogP contribution in [0.1, 0.15) is 27.0 Å². The maximum Gasteiger partial charge on any atom is 0.231 e. The van der Waals surface area contributed by atoms with E-state index in [2.05, 4.69) is 0 Å². The molecule has 1 aliphatic rings. The first-order chi connectivity index (χ1) is 9.15. The summed E-state index contributed by atoms with van der Waals surface area (Å²) >= 11 is 0. The Hall–Kier alpha value is -2.29. The lowest BCUT2D eigenvalue weighted by molar-refractivity contribution is 0.103. The first-order valence-corrected chi connectivity index (χ1v) is 6.17. The SMILES string of the molecule is Cc1ccc(C(=O)c2ccc3c(c2)OCO3)cc1C. The topological polar surface area (TPSA) is 35.5 Å². The Labute approximate surface area is 111 Å². The van der Waals surface area contributed by atoms with E-state index in [1.807, 2.05) is 32.0 Å². The summed E-state index contributed by atoms with van der Waals surface area (Å²) in [6, 6.07) is 11.0. The number of hydrogen-bond donors (Lipinski definition) is 0. The second-order valence-corrected chi connectivity index (χ2v) is 4.70. The summed E-state index contributed by atoms with van der Waals surface area (Å²) in [5.74, 6) is 1.33. The lowest BCUT2D eigenvalue weighted by Crippen LogP contribution is -2.02. The maximum atomic E-state index is 12.4. The highest BCUT2D eigenvalue weighted by molar-refractivity contribution is 6.09. The summed E-state index contributed by atoms with van der Waals surface area (Å²) in [5, 5.41) is 0. The molecule has 2 aromatic rings. The van der Waals surface area contributed by atoms with Crippen molar-refractivity contribution >= 4 is 5.78 Å². The Kier molecular flexibility index (Phi) is 2.75. The Balaban J connectivity index is 1.97. The highest BCUT2D eigenvalue weighted by Gasteiger charge is 2.17. The Bertz CT molecular complexity index is 659. The lowest BCUT2D eigenvalue weighted by atomic mass is 9.99. The number of ketones is 1. The molecule has 0 aliphatic carbocycles. The van der Waals surface area contributed by atoms with Gasteiger partial charge in [0.25, 0.3) is 0 Å². The number of fused-ring (bicyclic) bond motifs is 1. The van der Waals surface area contributed by atoms with Gasteiger partial charge in [-0.2, -0.15) is 0 Å². The van der Waals surface area contributed by atoms with Crippen LogP contribution in [0.2, 0.25) is 0 Å². The van der Waals surface area contributed by atoms with E-state index >= 15 is 0 Å². The van der Waals surface area contributed by atoms with Crippen LogP contribution in [0.4, 0.5) is 0 Å². The van der Waals surface area contributed by atoms with Crippen LogP contribution in [0.25, 0.3) is 0 Å². The quantitative estimate of drug-likeness (QED) is 0.772. The van der Waals surface area contributed by atoms with Crippen molar-refractivity contribution in [3.8, 4) is 11.5 Å². The van der Waals surface area contributed by atoms with Crippen LogP contribution >= 0.6 is 0 Å². The van der Waals surface area contributed by atoms with Gasteiger partial charge in [0.15, 0.2) is 17.3 Å². The molecular formula is C16H14O3. The molecule has 0 N–H and O–H groups in total. The molecule has 0 radical (unpaired) electrons. The van der Waals surface area contributed by atoms with Gasteiger partial charge in [-0.25, -0.2) is 0 Å². The number of ether oxygens (including phenoxy) is 2. The van der Waals surface area contributed by atoms with Crippen molar-refractivity contribution in [3.05, 3.63) is 58.7 Å². The molecule has 0 fully saturated rings. The van der Waals surface area contributed by atoms with E-state index in [0.717, 1.165) is 5.56 Å². The smallest absolute Gasteiger partial charge is 0.231 e. The van der Waals surface area contributed by atoms with Gasteiger partial charge in [0.05, 0.1) is 0 Å². The number of carbonyl (C=O) groups is 1. The molecule has 1 heterocycles. The van der Waals surface area contributed by atoms with Crippen molar-refractivity contribution in [3.63, 3.8) is 0 Å². The van der Waals surface area contributed by atoms with Crippen molar-refractivity contribution < 1.29 is 14.3 Å². The van der Waals surface area contributed by atoms with Crippen LogP contribution in [0.3, 0.4) is 0 Å². The minimum Gasteiger partial charge on any atom is -0.454 e. The number of hydrogen-bond acceptors (Lipinski definition) is 3. The molecule has 3 heteroatoms. The molecule has 0 atom stereocenters. The average molecular weight is 254 g/mol. The number of aryl methyl sites for hydroxylation is 2. The van der Waals surface area contributed by atoms with Crippen LogP contribution in [-0.2, 0) is 0 Å². The summed E-state index contributed by atoms with van der Waals surface area (Å²) in [4.78, 5) is 12.4. The number of carbonyl (C=O) groups excluding carboxylic acids is 1. The largest absolute Gasteiger partial charge is 0.454 e. The monoisotopic (exact) mass is 254 g/mol. The van der Waals surface area contributed by atoms with Gasteiger partial charge < -0.3 is 9.47 Å². The molecule has 0 bridgehead atoms. The van der Waals surface area contributed by atoms with Crippen molar-refractivity contribution in [2.45, 2.75) is 13.8 Å². The second-order valence-electron chi connectivity index (χ2n) is 4.70. The van der Waals surface area contributed by atoms with Crippen molar-refractivity contribution in [2.75, 3.05) is 6.79 Å². The van der Waals surface area contributed by atoms with Crippen LogP contribution in [-0.4, -0.2) is 12.6 Å².